The topological polar surface area (TPSA) is 74.3 Å². The molecule has 0 spiro atoms. The molecule has 0 bridgehead atoms. The van der Waals surface area contributed by atoms with E-state index in [1.54, 1.807) is 0 Å². The van der Waals surface area contributed by atoms with Crippen LogP contribution in [-0.4, -0.2) is 47.3 Å². The summed E-state index contributed by atoms with van der Waals surface area (Å²) in [4.78, 5) is 26.4. The molecular formula is C21H28N4O2S. The highest BCUT2D eigenvalue weighted by Crippen LogP contribution is 2.38. The summed E-state index contributed by atoms with van der Waals surface area (Å²) in [5.41, 5.74) is 0. The Hall–Kier alpha value is -1.99. The fourth-order valence-electron chi connectivity index (χ4n) is 4.38. The van der Waals surface area contributed by atoms with Crippen molar-refractivity contribution in [1.82, 2.24) is 14.6 Å². The summed E-state index contributed by atoms with van der Waals surface area (Å²) in [6, 6.07) is 8.24. The maximum absolute atomic E-state index is 12.4. The van der Waals surface area contributed by atoms with Crippen molar-refractivity contribution < 1.29 is 9.59 Å². The van der Waals surface area contributed by atoms with Crippen LogP contribution in [0.15, 0.2) is 24.3 Å². The molecule has 2 N–H and O–H groups in total. The van der Waals surface area contributed by atoms with Gasteiger partial charge in [0.25, 0.3) is 0 Å². The first-order valence-corrected chi connectivity index (χ1v) is 11.2. The third-order valence-corrected chi connectivity index (χ3v) is 6.72. The van der Waals surface area contributed by atoms with Gasteiger partial charge in [0, 0.05) is 25.0 Å². The summed E-state index contributed by atoms with van der Waals surface area (Å²) in [6.45, 7) is 3.15. The minimum absolute atomic E-state index is 0.0211. The molecule has 2 atom stereocenters. The summed E-state index contributed by atoms with van der Waals surface area (Å²) in [6.07, 6.45) is 5.80. The number of hydrogen-bond acceptors (Lipinski definition) is 6. The van der Waals surface area contributed by atoms with Crippen molar-refractivity contribution in [3.05, 3.63) is 24.3 Å². The Kier molecular flexibility index (Phi) is 6.22. The lowest BCUT2D eigenvalue weighted by atomic mass is 9.81. The van der Waals surface area contributed by atoms with Crippen molar-refractivity contribution >= 4 is 39.3 Å². The number of hydrogen-bond donors (Lipinski definition) is 2. The Labute approximate surface area is 169 Å². The van der Waals surface area contributed by atoms with Crippen LogP contribution in [0.1, 0.15) is 38.5 Å². The highest BCUT2D eigenvalue weighted by atomic mass is 32.1. The molecule has 150 valence electrons. The fraction of sp³-hybridized carbons (Fsp3) is 0.571. The second-order valence-electron chi connectivity index (χ2n) is 7.74. The molecule has 6 nitrogen and oxygen atoms in total. The van der Waals surface area contributed by atoms with Gasteiger partial charge in [-0.1, -0.05) is 25.0 Å². The van der Waals surface area contributed by atoms with Crippen LogP contribution in [0.5, 0.6) is 0 Å². The van der Waals surface area contributed by atoms with Gasteiger partial charge in [-0.2, -0.15) is 4.37 Å². The number of unbranched alkanes of at least 4 members (excludes halogenated alkanes) is 1. The molecule has 1 aliphatic heterocycles. The number of aromatic nitrogens is 1. The molecule has 0 radical (unpaired) electrons. The lowest BCUT2D eigenvalue weighted by Crippen LogP contribution is -2.32. The third kappa shape index (κ3) is 4.05. The van der Waals surface area contributed by atoms with Crippen LogP contribution in [0.4, 0.5) is 5.82 Å². The van der Waals surface area contributed by atoms with Crippen molar-refractivity contribution in [3.63, 3.8) is 0 Å². The SMILES string of the molecule is O=C1[C@H]2CCCC[C@H]2C(=O)N1CCCCNCCNc1nsc2ccccc12. The van der Waals surface area contributed by atoms with Crippen LogP contribution in [-0.2, 0) is 9.59 Å². The first-order chi connectivity index (χ1) is 13.8. The van der Waals surface area contributed by atoms with E-state index >= 15 is 0 Å². The minimum Gasteiger partial charge on any atom is -0.367 e. The normalized spacial score (nSPS) is 22.1. The van der Waals surface area contributed by atoms with Gasteiger partial charge >= 0.3 is 0 Å². The van der Waals surface area contributed by atoms with Crippen molar-refractivity contribution in [2.75, 3.05) is 31.5 Å². The highest BCUT2D eigenvalue weighted by Gasteiger charge is 2.47. The molecule has 1 saturated carbocycles. The summed E-state index contributed by atoms with van der Waals surface area (Å²) < 4.78 is 5.66. The van der Waals surface area contributed by atoms with Gasteiger partial charge in [0.1, 0.15) is 5.82 Å². The van der Waals surface area contributed by atoms with E-state index in [9.17, 15) is 9.59 Å². The number of fused-ring (bicyclic) bond motifs is 2. The summed E-state index contributed by atoms with van der Waals surface area (Å²) in [7, 11) is 0. The van der Waals surface area contributed by atoms with E-state index in [0.717, 1.165) is 64.0 Å². The Morgan fingerprint density at radius 3 is 2.54 bits per heavy atom. The molecule has 2 fully saturated rings. The van der Waals surface area contributed by atoms with Crippen molar-refractivity contribution in [2.45, 2.75) is 38.5 Å². The number of carbonyl (C=O) groups is 2. The number of nitrogens with zero attached hydrogens (tertiary/aromatic N) is 2. The number of benzene rings is 1. The van der Waals surface area contributed by atoms with Crippen molar-refractivity contribution in [1.29, 1.82) is 0 Å². The number of likely N-dealkylation sites (tertiary alicyclic amines) is 1. The quantitative estimate of drug-likeness (QED) is 0.499. The maximum Gasteiger partial charge on any atom is 0.233 e. The Morgan fingerprint density at radius 2 is 1.75 bits per heavy atom. The molecule has 2 aromatic rings. The molecule has 7 heteroatoms. The summed E-state index contributed by atoms with van der Waals surface area (Å²) in [5, 5.41) is 7.98. The maximum atomic E-state index is 12.4. The Balaban J connectivity index is 1.11. The molecule has 1 aromatic heterocycles. The molecule has 0 unspecified atom stereocenters. The van der Waals surface area contributed by atoms with Gasteiger partial charge in [0.15, 0.2) is 0 Å². The van der Waals surface area contributed by atoms with Crippen LogP contribution < -0.4 is 10.6 Å². The number of amides is 2. The number of carbonyl (C=O) groups excluding carboxylic acids is 2. The molecule has 1 saturated heterocycles. The van der Waals surface area contributed by atoms with E-state index in [0.29, 0.717) is 6.54 Å². The van der Waals surface area contributed by atoms with E-state index < -0.39 is 0 Å². The van der Waals surface area contributed by atoms with Gasteiger partial charge in [0.2, 0.25) is 11.8 Å². The average Bonchev–Trinajstić information content (AvgIpc) is 3.24. The number of anilines is 1. The molecule has 1 aromatic carbocycles. The zero-order valence-electron chi connectivity index (χ0n) is 16.2. The summed E-state index contributed by atoms with van der Waals surface area (Å²) in [5.74, 6) is 1.08. The zero-order chi connectivity index (χ0) is 19.3. The fourth-order valence-corrected chi connectivity index (χ4v) is 5.13. The van der Waals surface area contributed by atoms with Crippen LogP contribution in [0.3, 0.4) is 0 Å². The van der Waals surface area contributed by atoms with Gasteiger partial charge in [-0.15, -0.1) is 0 Å². The summed E-state index contributed by atoms with van der Waals surface area (Å²) >= 11 is 1.52. The van der Waals surface area contributed by atoms with Gasteiger partial charge in [-0.25, -0.2) is 0 Å². The van der Waals surface area contributed by atoms with E-state index in [1.165, 1.54) is 26.5 Å². The molecular weight excluding hydrogens is 372 g/mol. The predicted molar refractivity (Wildman–Crippen MR) is 112 cm³/mol. The minimum atomic E-state index is -0.0211. The van der Waals surface area contributed by atoms with Crippen LogP contribution in [0, 0.1) is 11.8 Å². The lowest BCUT2D eigenvalue weighted by molar-refractivity contribution is -0.139. The van der Waals surface area contributed by atoms with Crippen LogP contribution in [0.25, 0.3) is 10.1 Å². The molecule has 2 aliphatic rings. The van der Waals surface area contributed by atoms with Crippen molar-refractivity contribution in [2.24, 2.45) is 11.8 Å². The second kappa shape index (κ2) is 9.01. The van der Waals surface area contributed by atoms with Gasteiger partial charge < -0.3 is 10.6 Å². The largest absolute Gasteiger partial charge is 0.367 e. The smallest absolute Gasteiger partial charge is 0.233 e. The standard InChI is InChI=1S/C21H28N4O2S/c26-20-15-7-1-2-8-16(15)21(27)25(20)14-6-5-11-22-12-13-23-19-17-9-3-4-10-18(17)28-24-19/h3-4,9-10,15-16,22H,1-2,5-8,11-14H2,(H,23,24)/t15-,16+. The van der Waals surface area contributed by atoms with Gasteiger partial charge in [-0.3, -0.25) is 14.5 Å². The third-order valence-electron chi connectivity index (χ3n) is 5.89. The van der Waals surface area contributed by atoms with E-state index in [2.05, 4.69) is 27.1 Å². The van der Waals surface area contributed by atoms with Crippen LogP contribution in [0.2, 0.25) is 0 Å². The van der Waals surface area contributed by atoms with E-state index in [-0.39, 0.29) is 23.7 Å². The van der Waals surface area contributed by atoms with Gasteiger partial charge in [0.05, 0.1) is 16.5 Å². The lowest BCUT2D eigenvalue weighted by Gasteiger charge is -2.19. The Bertz CT molecular complexity index is 813. The Morgan fingerprint density at radius 1 is 1.00 bits per heavy atom. The van der Waals surface area contributed by atoms with E-state index in [4.69, 9.17) is 0 Å². The average molecular weight is 401 g/mol. The zero-order valence-corrected chi connectivity index (χ0v) is 17.0. The predicted octanol–water partition coefficient (Wildman–Crippen LogP) is 3.25. The molecule has 28 heavy (non-hydrogen) atoms. The molecule has 2 heterocycles. The van der Waals surface area contributed by atoms with Gasteiger partial charge in [-0.05, 0) is 55.9 Å². The van der Waals surface area contributed by atoms with E-state index in [1.807, 2.05) is 12.1 Å². The molecule has 2 amide bonds. The first kappa shape index (κ1) is 19.3. The monoisotopic (exact) mass is 400 g/mol. The van der Waals surface area contributed by atoms with Crippen molar-refractivity contribution in [3.8, 4) is 0 Å². The number of nitrogens with one attached hydrogen (secondary N) is 2. The molecule has 4 rings (SSSR count). The molecule has 1 aliphatic carbocycles. The number of imide groups is 1. The highest BCUT2D eigenvalue weighted by molar-refractivity contribution is 7.13. The first-order valence-electron chi connectivity index (χ1n) is 10.4. The second-order valence-corrected chi connectivity index (χ2v) is 8.54. The van der Waals surface area contributed by atoms with Crippen LogP contribution >= 0.6 is 11.5 Å². The number of rotatable bonds is 9.